The van der Waals surface area contributed by atoms with E-state index in [1.54, 1.807) is 6.07 Å². The minimum atomic E-state index is -3.92. The van der Waals surface area contributed by atoms with E-state index in [0.29, 0.717) is 11.5 Å². The van der Waals surface area contributed by atoms with Crippen LogP contribution in [0.25, 0.3) is 0 Å². The van der Waals surface area contributed by atoms with Crippen molar-refractivity contribution < 1.29 is 17.7 Å². The molecule has 4 N–H and O–H groups in total. The summed E-state index contributed by atoms with van der Waals surface area (Å²) in [5.74, 6) is -0.0626. The van der Waals surface area contributed by atoms with Gasteiger partial charge < -0.3 is 15.6 Å². The first-order valence-electron chi connectivity index (χ1n) is 6.68. The molecule has 0 saturated carbocycles. The normalized spacial score (nSPS) is 12.8. The van der Waals surface area contributed by atoms with Crippen LogP contribution in [0.2, 0.25) is 0 Å². The predicted molar refractivity (Wildman–Crippen MR) is 83.0 cm³/mol. The van der Waals surface area contributed by atoms with Gasteiger partial charge in [0.25, 0.3) is 0 Å². The van der Waals surface area contributed by atoms with Crippen LogP contribution in [0.5, 0.6) is 0 Å². The number of carbonyl (C=O) groups excluding carboxylic acids is 1. The number of nitrogens with zero attached hydrogens (tertiary/aromatic N) is 2. The van der Waals surface area contributed by atoms with E-state index < -0.39 is 22.0 Å². The molecule has 2 aromatic heterocycles. The topological polar surface area (TPSA) is 140 Å². The molecule has 0 aliphatic carbocycles. The highest BCUT2D eigenvalue weighted by Gasteiger charge is 2.28. The molecule has 1 amide bonds. The molecular weight excluding hydrogens is 322 g/mol. The second kappa shape index (κ2) is 6.34. The van der Waals surface area contributed by atoms with Crippen LogP contribution < -0.4 is 15.8 Å². The molecule has 9 nitrogen and oxygen atoms in total. The monoisotopic (exact) mass is 339 g/mol. The zero-order chi connectivity index (χ0) is 17.2. The van der Waals surface area contributed by atoms with E-state index in [4.69, 9.17) is 10.3 Å². The Morgan fingerprint density at radius 1 is 1.35 bits per heavy atom. The van der Waals surface area contributed by atoms with E-state index in [9.17, 15) is 13.2 Å². The molecule has 0 aliphatic rings. The van der Waals surface area contributed by atoms with E-state index in [-0.39, 0.29) is 16.3 Å². The van der Waals surface area contributed by atoms with Gasteiger partial charge in [0.2, 0.25) is 15.9 Å². The number of amides is 1. The summed E-state index contributed by atoms with van der Waals surface area (Å²) in [6.45, 7) is 4.42. The molecule has 1 atom stereocenters. The number of pyridine rings is 1. The van der Waals surface area contributed by atoms with Gasteiger partial charge in [0.1, 0.15) is 16.4 Å². The molecule has 2 heterocycles. The SMILES string of the molecule is Cc1noc(C)c1S(=O)(=O)NC(C)C(=O)Nc1ccc(N)nc1. The fraction of sp³-hybridized carbons (Fsp3) is 0.308. The van der Waals surface area contributed by atoms with Crippen molar-refractivity contribution in [1.29, 1.82) is 0 Å². The average molecular weight is 339 g/mol. The third-order valence-electron chi connectivity index (χ3n) is 3.02. The third kappa shape index (κ3) is 3.85. The number of hydrogen-bond donors (Lipinski definition) is 3. The largest absolute Gasteiger partial charge is 0.384 e. The van der Waals surface area contributed by atoms with Crippen LogP contribution in [0.3, 0.4) is 0 Å². The summed E-state index contributed by atoms with van der Waals surface area (Å²) in [7, 11) is -3.92. The minimum absolute atomic E-state index is 0.0636. The summed E-state index contributed by atoms with van der Waals surface area (Å²) in [6, 6.07) is 2.08. The van der Waals surface area contributed by atoms with Crippen molar-refractivity contribution in [2.24, 2.45) is 0 Å². The molecule has 0 aromatic carbocycles. The van der Waals surface area contributed by atoms with E-state index in [1.165, 1.54) is 33.0 Å². The van der Waals surface area contributed by atoms with Gasteiger partial charge in [-0.1, -0.05) is 5.16 Å². The Morgan fingerprint density at radius 2 is 2.04 bits per heavy atom. The lowest BCUT2D eigenvalue weighted by Crippen LogP contribution is -2.41. The van der Waals surface area contributed by atoms with Crippen LogP contribution in [-0.2, 0) is 14.8 Å². The van der Waals surface area contributed by atoms with E-state index in [2.05, 4.69) is 20.2 Å². The number of aromatic nitrogens is 2. The van der Waals surface area contributed by atoms with Crippen molar-refractivity contribution >= 4 is 27.4 Å². The highest BCUT2D eigenvalue weighted by atomic mass is 32.2. The quantitative estimate of drug-likeness (QED) is 0.723. The Bertz CT molecular complexity index is 794. The lowest BCUT2D eigenvalue weighted by Gasteiger charge is -2.14. The fourth-order valence-corrected chi connectivity index (χ4v) is 3.47. The highest BCUT2D eigenvalue weighted by molar-refractivity contribution is 7.89. The van der Waals surface area contributed by atoms with Crippen LogP contribution in [0, 0.1) is 13.8 Å². The van der Waals surface area contributed by atoms with Crippen molar-refractivity contribution in [3.8, 4) is 0 Å². The van der Waals surface area contributed by atoms with Crippen molar-refractivity contribution in [2.45, 2.75) is 31.7 Å². The summed E-state index contributed by atoms with van der Waals surface area (Å²) < 4.78 is 31.8. The van der Waals surface area contributed by atoms with E-state index in [0.717, 1.165) is 0 Å². The maximum absolute atomic E-state index is 12.3. The first-order chi connectivity index (χ1) is 10.7. The predicted octanol–water partition coefficient (Wildman–Crippen LogP) is 0.574. The zero-order valence-electron chi connectivity index (χ0n) is 12.8. The molecular formula is C13H17N5O4S. The van der Waals surface area contributed by atoms with Gasteiger partial charge in [-0.25, -0.2) is 13.4 Å². The average Bonchev–Trinajstić information content (AvgIpc) is 2.80. The first kappa shape index (κ1) is 16.9. The second-order valence-corrected chi connectivity index (χ2v) is 6.61. The molecule has 2 rings (SSSR count). The van der Waals surface area contributed by atoms with Gasteiger partial charge in [0.15, 0.2) is 5.76 Å². The second-order valence-electron chi connectivity index (χ2n) is 4.96. The Kier molecular flexibility index (Phi) is 4.66. The van der Waals surface area contributed by atoms with Crippen molar-refractivity contribution in [3.63, 3.8) is 0 Å². The Balaban J connectivity index is 2.10. The summed E-state index contributed by atoms with van der Waals surface area (Å²) in [5, 5.41) is 6.14. The van der Waals surface area contributed by atoms with E-state index in [1.807, 2.05) is 0 Å². The number of nitrogen functional groups attached to an aromatic ring is 1. The van der Waals surface area contributed by atoms with Gasteiger partial charge in [0.05, 0.1) is 17.9 Å². The van der Waals surface area contributed by atoms with Crippen LogP contribution in [-0.4, -0.2) is 30.5 Å². The lowest BCUT2D eigenvalue weighted by atomic mass is 10.3. The minimum Gasteiger partial charge on any atom is -0.384 e. The van der Waals surface area contributed by atoms with Crippen LogP contribution in [0.15, 0.2) is 27.7 Å². The van der Waals surface area contributed by atoms with E-state index >= 15 is 0 Å². The molecule has 2 aromatic rings. The van der Waals surface area contributed by atoms with Gasteiger partial charge in [-0.2, -0.15) is 4.72 Å². The molecule has 0 saturated heterocycles. The number of hydrogen-bond acceptors (Lipinski definition) is 7. The standard InChI is InChI=1S/C13H17N5O4S/c1-7-12(9(3)22-17-7)23(20,21)18-8(2)13(19)16-10-4-5-11(14)15-6-10/h4-6,8,18H,1-3H3,(H2,14,15)(H,16,19). The molecule has 0 bridgehead atoms. The Hall–Kier alpha value is -2.46. The smallest absolute Gasteiger partial charge is 0.246 e. The third-order valence-corrected chi connectivity index (χ3v) is 4.80. The number of aryl methyl sites for hydroxylation is 2. The number of rotatable bonds is 5. The highest BCUT2D eigenvalue weighted by Crippen LogP contribution is 2.19. The maximum atomic E-state index is 12.3. The van der Waals surface area contributed by atoms with Crippen LogP contribution in [0.1, 0.15) is 18.4 Å². The Morgan fingerprint density at radius 3 is 2.57 bits per heavy atom. The van der Waals surface area contributed by atoms with Crippen molar-refractivity contribution in [3.05, 3.63) is 29.8 Å². The van der Waals surface area contributed by atoms with Crippen LogP contribution >= 0.6 is 0 Å². The molecule has 0 spiro atoms. The number of anilines is 2. The molecule has 10 heteroatoms. The zero-order valence-corrected chi connectivity index (χ0v) is 13.6. The molecule has 0 aliphatic heterocycles. The number of nitrogens with one attached hydrogen (secondary N) is 2. The van der Waals surface area contributed by atoms with Gasteiger partial charge >= 0.3 is 0 Å². The van der Waals surface area contributed by atoms with Gasteiger partial charge in [0, 0.05) is 0 Å². The summed E-state index contributed by atoms with van der Waals surface area (Å²) in [5.41, 5.74) is 6.09. The van der Waals surface area contributed by atoms with Crippen molar-refractivity contribution in [1.82, 2.24) is 14.9 Å². The molecule has 23 heavy (non-hydrogen) atoms. The molecule has 0 fully saturated rings. The number of carbonyl (C=O) groups is 1. The first-order valence-corrected chi connectivity index (χ1v) is 8.16. The summed E-state index contributed by atoms with van der Waals surface area (Å²) >= 11 is 0. The van der Waals surface area contributed by atoms with Gasteiger partial charge in [-0.3, -0.25) is 4.79 Å². The van der Waals surface area contributed by atoms with Crippen molar-refractivity contribution in [2.75, 3.05) is 11.1 Å². The number of sulfonamides is 1. The Labute approximate surface area is 133 Å². The summed E-state index contributed by atoms with van der Waals surface area (Å²) in [6.07, 6.45) is 1.38. The van der Waals surface area contributed by atoms with Gasteiger partial charge in [-0.05, 0) is 32.9 Å². The number of nitrogens with two attached hydrogens (primary N) is 1. The van der Waals surface area contributed by atoms with Gasteiger partial charge in [-0.15, -0.1) is 0 Å². The summed E-state index contributed by atoms with van der Waals surface area (Å²) in [4.78, 5) is 15.8. The van der Waals surface area contributed by atoms with Crippen LogP contribution in [0.4, 0.5) is 11.5 Å². The molecule has 124 valence electrons. The lowest BCUT2D eigenvalue weighted by molar-refractivity contribution is -0.117. The molecule has 0 radical (unpaired) electrons. The molecule has 1 unspecified atom stereocenters. The fourth-order valence-electron chi connectivity index (χ4n) is 1.93. The maximum Gasteiger partial charge on any atom is 0.246 e.